The van der Waals surface area contributed by atoms with Crippen LogP contribution in [-0.2, 0) is 10.8 Å². The van der Waals surface area contributed by atoms with Crippen molar-refractivity contribution in [2.45, 2.75) is 104 Å². The number of aromatic nitrogens is 1. The van der Waals surface area contributed by atoms with E-state index in [1.165, 1.54) is 131 Å². The Hall–Kier alpha value is -10.1. The molecule has 4 heterocycles. The van der Waals surface area contributed by atoms with E-state index >= 15 is 0 Å². The van der Waals surface area contributed by atoms with E-state index in [2.05, 4.69) is 348 Å². The number of benzene rings is 12. The first-order valence-electron chi connectivity index (χ1n) is 34.7. The lowest BCUT2D eigenvalue weighted by atomic mass is 9.33. The third-order valence-corrected chi connectivity index (χ3v) is 21.6. The highest BCUT2D eigenvalue weighted by Gasteiger charge is 2.47. The molecule has 4 atom stereocenters. The molecule has 464 valence electrons. The molecular formula is C90H81BN4. The average molecular weight is 1230 g/mol. The van der Waals surface area contributed by atoms with E-state index in [1.807, 2.05) is 0 Å². The van der Waals surface area contributed by atoms with Gasteiger partial charge in [-0.25, -0.2) is 0 Å². The summed E-state index contributed by atoms with van der Waals surface area (Å²) in [6, 6.07) is 105. The molecule has 0 spiro atoms. The number of hydrogen-bond donors (Lipinski definition) is 0. The molecule has 0 radical (unpaired) electrons. The molecule has 4 nitrogen and oxygen atoms in total. The highest BCUT2D eigenvalue weighted by molar-refractivity contribution is 7.00. The Bertz CT molecular complexity index is 4910. The highest BCUT2D eigenvalue weighted by atomic mass is 15.2. The highest BCUT2D eigenvalue weighted by Crippen LogP contribution is 2.55. The number of nitrogens with zero attached hydrogens (tertiary/aromatic N) is 4. The molecule has 4 aliphatic rings. The fourth-order valence-electron chi connectivity index (χ4n) is 17.3. The summed E-state index contributed by atoms with van der Waals surface area (Å²) in [6.45, 7) is 18.9. The largest absolute Gasteiger partial charge is 0.366 e. The van der Waals surface area contributed by atoms with Gasteiger partial charge >= 0.3 is 0 Å². The lowest BCUT2D eigenvalue weighted by Crippen LogP contribution is -2.61. The van der Waals surface area contributed by atoms with Gasteiger partial charge in [0, 0.05) is 73.5 Å². The van der Waals surface area contributed by atoms with Gasteiger partial charge in [0.05, 0.1) is 28.1 Å². The van der Waals surface area contributed by atoms with Gasteiger partial charge in [-0.05, 0) is 171 Å². The zero-order valence-corrected chi connectivity index (χ0v) is 56.0. The summed E-state index contributed by atoms with van der Waals surface area (Å²) in [5.74, 6) is 1.45. The molecule has 12 aromatic carbocycles. The minimum absolute atomic E-state index is 0.0668. The maximum absolute atomic E-state index is 2.85. The SMILES string of the molecule is CC1CC2CC(C)N(c3ccc4c(c3)N(c3c(-c5ccccc5)cccc3-c3ccccc3)c3cc(-n5c6ccc(C(C)(C)C)cc6c6cc(C(C)(C)C)ccc65)cc5c3B4c3ccc(-c4ccccc4)cc3N5c3c(-c4ccccc4)cccc3-c3ccccc3)C(C1)C2. The van der Waals surface area contributed by atoms with Crippen molar-refractivity contribution in [3.8, 4) is 61.3 Å². The third kappa shape index (κ3) is 9.94. The van der Waals surface area contributed by atoms with E-state index < -0.39 is 0 Å². The van der Waals surface area contributed by atoms with Crippen molar-refractivity contribution in [2.24, 2.45) is 11.8 Å². The second-order valence-electron chi connectivity index (χ2n) is 29.9. The molecule has 5 heteroatoms. The van der Waals surface area contributed by atoms with E-state index in [4.69, 9.17) is 0 Å². The first-order valence-corrected chi connectivity index (χ1v) is 34.7. The standard InChI is InChI=1S/C90H81BN4/c1-58-48-60-50-59(2)92(70(49-58)51-60)69-43-45-79-83(55-69)95(88-74(64-32-20-12-21-33-64)38-25-39-75(88)65-34-22-13-23-35-65)85-57-71(93-80-46-41-67(89(3,4)5)53-76(80)77-54-68(90(6,7)8)42-47-81(77)93)56-84-86(85)91(79)78-44-40-66(61-26-14-9-15-27-61)52-82(78)94(84)87-72(62-28-16-10-17-29-62)36-24-37-73(87)63-30-18-11-19-31-63/h9-47,52-60,70H,48-51H2,1-8H3. The minimum Gasteiger partial charge on any atom is -0.366 e. The van der Waals surface area contributed by atoms with Crippen molar-refractivity contribution in [3.05, 3.63) is 284 Å². The molecule has 13 aromatic rings. The summed E-state index contributed by atoms with van der Waals surface area (Å²) < 4.78 is 2.62. The molecular weight excluding hydrogens is 1150 g/mol. The fraction of sp³-hybridized carbons (Fsp3) is 0.200. The van der Waals surface area contributed by atoms with Crippen LogP contribution in [0.25, 0.3) is 83.1 Å². The van der Waals surface area contributed by atoms with Crippen LogP contribution < -0.4 is 31.1 Å². The molecule has 2 fully saturated rings. The van der Waals surface area contributed by atoms with Crippen molar-refractivity contribution >= 4 is 84.7 Å². The predicted octanol–water partition coefficient (Wildman–Crippen LogP) is 22.2. The van der Waals surface area contributed by atoms with Crippen molar-refractivity contribution in [3.63, 3.8) is 0 Å². The summed E-state index contributed by atoms with van der Waals surface area (Å²) in [7, 11) is 0. The van der Waals surface area contributed by atoms with Crippen LogP contribution in [0.1, 0.15) is 92.2 Å². The molecule has 1 aliphatic carbocycles. The zero-order chi connectivity index (χ0) is 64.4. The number of anilines is 7. The van der Waals surface area contributed by atoms with Crippen molar-refractivity contribution in [1.82, 2.24) is 4.57 Å². The Labute approximate surface area is 561 Å². The van der Waals surface area contributed by atoms with E-state index in [0.717, 1.165) is 50.9 Å². The van der Waals surface area contributed by atoms with E-state index in [-0.39, 0.29) is 17.5 Å². The molecule has 4 unspecified atom stereocenters. The number of piperidine rings is 1. The maximum atomic E-state index is 2.85. The van der Waals surface area contributed by atoms with Gasteiger partial charge in [0.2, 0.25) is 0 Å². The molecule has 0 N–H and O–H groups in total. The average Bonchev–Trinajstić information content (AvgIpc) is 1.15. The molecule has 0 amide bonds. The van der Waals surface area contributed by atoms with Gasteiger partial charge in [0.25, 0.3) is 6.71 Å². The second-order valence-corrected chi connectivity index (χ2v) is 29.9. The lowest BCUT2D eigenvalue weighted by Gasteiger charge is -2.51. The summed E-state index contributed by atoms with van der Waals surface area (Å²) in [6.07, 6.45) is 5.01. The van der Waals surface area contributed by atoms with Gasteiger partial charge in [0.1, 0.15) is 0 Å². The first kappa shape index (κ1) is 58.7. The number of hydrogen-bond acceptors (Lipinski definition) is 3. The molecule has 2 bridgehead atoms. The number of rotatable bonds is 9. The van der Waals surface area contributed by atoms with Crippen molar-refractivity contribution in [2.75, 3.05) is 14.7 Å². The summed E-state index contributed by atoms with van der Waals surface area (Å²) in [5, 5.41) is 2.53. The summed E-state index contributed by atoms with van der Waals surface area (Å²) >= 11 is 0. The molecule has 1 saturated heterocycles. The number of para-hydroxylation sites is 2. The Balaban J connectivity index is 1.07. The zero-order valence-electron chi connectivity index (χ0n) is 56.0. The molecule has 1 aromatic heterocycles. The lowest BCUT2D eigenvalue weighted by molar-refractivity contribution is 0.179. The van der Waals surface area contributed by atoms with E-state index in [1.54, 1.807) is 0 Å². The van der Waals surface area contributed by atoms with Crippen LogP contribution in [0.3, 0.4) is 0 Å². The van der Waals surface area contributed by atoms with Gasteiger partial charge in [-0.15, -0.1) is 0 Å². The van der Waals surface area contributed by atoms with Gasteiger partial charge in [-0.2, -0.15) is 0 Å². The van der Waals surface area contributed by atoms with Crippen LogP contribution in [0.2, 0.25) is 0 Å². The van der Waals surface area contributed by atoms with Crippen LogP contribution in [0.5, 0.6) is 0 Å². The van der Waals surface area contributed by atoms with Crippen LogP contribution in [-0.4, -0.2) is 23.4 Å². The summed E-state index contributed by atoms with van der Waals surface area (Å²) in [4.78, 5) is 8.33. The molecule has 1 saturated carbocycles. The first-order chi connectivity index (χ1) is 46.2. The van der Waals surface area contributed by atoms with Crippen molar-refractivity contribution < 1.29 is 0 Å². The Kier molecular flexibility index (Phi) is 14.1. The minimum atomic E-state index is -0.168. The Morgan fingerprint density at radius 1 is 0.347 bits per heavy atom. The van der Waals surface area contributed by atoms with Crippen molar-refractivity contribution in [1.29, 1.82) is 0 Å². The normalized spacial score (nSPS) is 17.4. The Morgan fingerprint density at radius 3 is 1.22 bits per heavy atom. The van der Waals surface area contributed by atoms with Gasteiger partial charge in [-0.1, -0.05) is 267 Å². The third-order valence-electron chi connectivity index (χ3n) is 21.6. The second kappa shape index (κ2) is 22.8. The molecule has 3 aliphatic heterocycles. The summed E-state index contributed by atoms with van der Waals surface area (Å²) in [5.41, 5.74) is 29.9. The quantitative estimate of drug-likeness (QED) is 0.134. The molecule has 95 heavy (non-hydrogen) atoms. The van der Waals surface area contributed by atoms with Crippen LogP contribution in [0.15, 0.2) is 273 Å². The topological polar surface area (TPSA) is 14.7 Å². The molecule has 17 rings (SSSR count). The Morgan fingerprint density at radius 2 is 0.768 bits per heavy atom. The maximum Gasteiger partial charge on any atom is 0.252 e. The van der Waals surface area contributed by atoms with Gasteiger partial charge < -0.3 is 19.3 Å². The van der Waals surface area contributed by atoms with Crippen LogP contribution in [0.4, 0.5) is 39.8 Å². The van der Waals surface area contributed by atoms with Crippen LogP contribution >= 0.6 is 0 Å². The van der Waals surface area contributed by atoms with Gasteiger partial charge in [0.15, 0.2) is 0 Å². The number of fused-ring (bicyclic) bond motifs is 9. The van der Waals surface area contributed by atoms with Gasteiger partial charge in [-0.3, -0.25) is 0 Å². The van der Waals surface area contributed by atoms with E-state index in [9.17, 15) is 0 Å². The predicted molar refractivity (Wildman–Crippen MR) is 406 cm³/mol. The van der Waals surface area contributed by atoms with E-state index in [0.29, 0.717) is 18.0 Å². The van der Waals surface area contributed by atoms with Crippen LogP contribution in [0, 0.1) is 11.8 Å². The fourth-order valence-corrected chi connectivity index (χ4v) is 17.3. The monoisotopic (exact) mass is 1230 g/mol. The smallest absolute Gasteiger partial charge is 0.252 e.